The van der Waals surface area contributed by atoms with Crippen molar-refractivity contribution in [2.45, 2.75) is 0 Å². The molecule has 1 amide bonds. The zero-order valence-electron chi connectivity index (χ0n) is 18.7. The quantitative estimate of drug-likeness (QED) is 0.321. The van der Waals surface area contributed by atoms with Crippen LogP contribution in [0.2, 0.25) is 0 Å². The minimum atomic E-state index is -0.222. The van der Waals surface area contributed by atoms with E-state index in [1.165, 1.54) is 0 Å². The molecule has 6 aromatic rings. The zero-order valence-corrected chi connectivity index (χ0v) is 18.7. The van der Waals surface area contributed by atoms with Crippen molar-refractivity contribution >= 4 is 33.5 Å². The van der Waals surface area contributed by atoms with Crippen molar-refractivity contribution in [1.29, 1.82) is 0 Å². The molecule has 1 N–H and O–H groups in total. The highest BCUT2D eigenvalue weighted by molar-refractivity contribution is 6.09. The smallest absolute Gasteiger partial charge is 0.255 e. The lowest BCUT2D eigenvalue weighted by Gasteiger charge is -2.12. The van der Waals surface area contributed by atoms with E-state index in [-0.39, 0.29) is 5.91 Å². The van der Waals surface area contributed by atoms with Crippen LogP contribution in [0.1, 0.15) is 10.4 Å². The van der Waals surface area contributed by atoms with E-state index in [1.807, 2.05) is 97.1 Å². The van der Waals surface area contributed by atoms with Gasteiger partial charge < -0.3 is 5.32 Å². The fourth-order valence-electron chi connectivity index (χ4n) is 4.19. The highest BCUT2D eigenvalue weighted by Gasteiger charge is 2.15. The van der Waals surface area contributed by atoms with E-state index in [1.54, 1.807) is 18.3 Å². The first-order valence-electron chi connectivity index (χ1n) is 11.3. The van der Waals surface area contributed by atoms with Gasteiger partial charge in [-0.15, -0.1) is 0 Å². The van der Waals surface area contributed by atoms with Crippen molar-refractivity contribution < 1.29 is 4.79 Å². The normalized spacial score (nSPS) is 11.0. The summed E-state index contributed by atoms with van der Waals surface area (Å²) in [5.74, 6) is -0.222. The summed E-state index contributed by atoms with van der Waals surface area (Å²) in [5, 5.41) is 3.97. The molecule has 2 heterocycles. The van der Waals surface area contributed by atoms with Crippen LogP contribution in [0, 0.1) is 0 Å². The summed E-state index contributed by atoms with van der Waals surface area (Å²) in [6.45, 7) is 0. The second kappa shape index (κ2) is 8.80. The minimum absolute atomic E-state index is 0.222. The fourth-order valence-corrected chi connectivity index (χ4v) is 4.19. The summed E-state index contributed by atoms with van der Waals surface area (Å²) in [6, 6.07) is 35.0. The molecule has 4 aromatic carbocycles. The first-order valence-corrected chi connectivity index (χ1v) is 11.3. The van der Waals surface area contributed by atoms with Crippen LogP contribution in [0.3, 0.4) is 0 Å². The molecule has 5 nitrogen and oxygen atoms in total. The van der Waals surface area contributed by atoms with Gasteiger partial charge in [-0.2, -0.15) is 0 Å². The number of nitrogens with one attached hydrogen (secondary N) is 1. The number of nitrogens with zero attached hydrogens (tertiary/aromatic N) is 3. The van der Waals surface area contributed by atoms with Crippen molar-refractivity contribution in [2.75, 3.05) is 5.32 Å². The third-order valence-electron chi connectivity index (χ3n) is 5.90. The highest BCUT2D eigenvalue weighted by Crippen LogP contribution is 2.31. The average Bonchev–Trinajstić information content (AvgIpc) is 2.93. The number of aromatic nitrogens is 3. The summed E-state index contributed by atoms with van der Waals surface area (Å²) < 4.78 is 0. The van der Waals surface area contributed by atoms with E-state index in [0.29, 0.717) is 16.8 Å². The Morgan fingerprint density at radius 2 is 1.29 bits per heavy atom. The molecule has 5 heteroatoms. The van der Waals surface area contributed by atoms with Crippen molar-refractivity contribution in [2.24, 2.45) is 0 Å². The molecule has 0 aliphatic carbocycles. The maximum Gasteiger partial charge on any atom is 0.255 e. The summed E-state index contributed by atoms with van der Waals surface area (Å²) in [4.78, 5) is 27.5. The Labute approximate surface area is 202 Å². The first-order chi connectivity index (χ1) is 17.3. The van der Waals surface area contributed by atoms with Gasteiger partial charge in [-0.05, 0) is 30.3 Å². The monoisotopic (exact) mass is 452 g/mol. The fraction of sp³-hybridized carbons (Fsp3) is 0. The number of carbonyl (C=O) groups is 1. The number of benzene rings is 4. The lowest BCUT2D eigenvalue weighted by Crippen LogP contribution is -2.12. The second-order valence-corrected chi connectivity index (χ2v) is 8.19. The summed E-state index contributed by atoms with van der Waals surface area (Å²) in [7, 11) is 0. The number of carbonyl (C=O) groups excluding carboxylic acids is 1. The number of hydrogen-bond donors (Lipinski definition) is 1. The number of anilines is 1. The van der Waals surface area contributed by atoms with Gasteiger partial charge in [0.2, 0.25) is 0 Å². The van der Waals surface area contributed by atoms with E-state index in [2.05, 4.69) is 10.3 Å². The van der Waals surface area contributed by atoms with Crippen molar-refractivity contribution in [1.82, 2.24) is 15.0 Å². The van der Waals surface area contributed by atoms with E-state index >= 15 is 0 Å². The Kier molecular flexibility index (Phi) is 5.20. The standard InChI is InChI=1S/C30H20N4O/c35-30(34-25-15-7-13-20-14-8-18-31-27(20)25)23-16-17-24-26(19-23)33-29(22-11-5-2-6-12-22)28(32-24)21-9-3-1-4-10-21/h1-19H,(H,34,35). The lowest BCUT2D eigenvalue weighted by atomic mass is 10.0. The zero-order chi connectivity index (χ0) is 23.6. The number of pyridine rings is 1. The molecule has 0 atom stereocenters. The molecule has 166 valence electrons. The van der Waals surface area contributed by atoms with E-state index in [4.69, 9.17) is 9.97 Å². The largest absolute Gasteiger partial charge is 0.320 e. The van der Waals surface area contributed by atoms with Crippen LogP contribution in [0.4, 0.5) is 5.69 Å². The van der Waals surface area contributed by atoms with E-state index < -0.39 is 0 Å². The summed E-state index contributed by atoms with van der Waals surface area (Å²) in [5.41, 5.74) is 6.86. The molecular weight excluding hydrogens is 432 g/mol. The number of para-hydroxylation sites is 1. The van der Waals surface area contributed by atoms with Gasteiger partial charge in [0.25, 0.3) is 5.91 Å². The highest BCUT2D eigenvalue weighted by atomic mass is 16.1. The molecule has 0 saturated carbocycles. The first kappa shape index (κ1) is 20.7. The molecule has 35 heavy (non-hydrogen) atoms. The predicted molar refractivity (Wildman–Crippen MR) is 140 cm³/mol. The van der Waals surface area contributed by atoms with Crippen molar-refractivity contribution in [3.63, 3.8) is 0 Å². The van der Waals surface area contributed by atoms with E-state index in [0.717, 1.165) is 38.9 Å². The number of rotatable bonds is 4. The Balaban J connectivity index is 1.43. The van der Waals surface area contributed by atoms with Crippen LogP contribution >= 0.6 is 0 Å². The molecule has 0 aliphatic heterocycles. The Morgan fingerprint density at radius 3 is 2.00 bits per heavy atom. The third kappa shape index (κ3) is 4.00. The lowest BCUT2D eigenvalue weighted by molar-refractivity contribution is 0.102. The van der Waals surface area contributed by atoms with Crippen LogP contribution in [0.25, 0.3) is 44.5 Å². The van der Waals surface area contributed by atoms with Crippen LogP contribution in [0.5, 0.6) is 0 Å². The van der Waals surface area contributed by atoms with Gasteiger partial charge in [-0.25, -0.2) is 9.97 Å². The molecule has 0 unspecified atom stereocenters. The van der Waals surface area contributed by atoms with Gasteiger partial charge in [0, 0.05) is 28.3 Å². The molecule has 0 radical (unpaired) electrons. The van der Waals surface area contributed by atoms with Gasteiger partial charge in [0.1, 0.15) is 0 Å². The third-order valence-corrected chi connectivity index (χ3v) is 5.90. The van der Waals surface area contributed by atoms with E-state index in [9.17, 15) is 4.79 Å². The molecule has 0 saturated heterocycles. The molecule has 6 rings (SSSR count). The van der Waals surface area contributed by atoms with Crippen LogP contribution in [-0.2, 0) is 0 Å². The minimum Gasteiger partial charge on any atom is -0.320 e. The number of fused-ring (bicyclic) bond motifs is 2. The Hall–Kier alpha value is -4.90. The van der Waals surface area contributed by atoms with Gasteiger partial charge in [0.15, 0.2) is 0 Å². The second-order valence-electron chi connectivity index (χ2n) is 8.19. The van der Waals surface area contributed by atoms with Crippen LogP contribution in [0.15, 0.2) is 115 Å². The molecule has 0 aliphatic rings. The van der Waals surface area contributed by atoms with Gasteiger partial charge in [0.05, 0.1) is 33.6 Å². The molecule has 2 aromatic heterocycles. The molecule has 0 spiro atoms. The van der Waals surface area contributed by atoms with Crippen LogP contribution < -0.4 is 5.32 Å². The SMILES string of the molecule is O=C(Nc1cccc2cccnc12)c1ccc2nc(-c3ccccc3)c(-c3ccccc3)nc2c1. The average molecular weight is 453 g/mol. The molecule has 0 fully saturated rings. The topological polar surface area (TPSA) is 67.8 Å². The Morgan fingerprint density at radius 1 is 0.629 bits per heavy atom. The molecule has 0 bridgehead atoms. The summed E-state index contributed by atoms with van der Waals surface area (Å²) in [6.07, 6.45) is 1.72. The number of hydrogen-bond acceptors (Lipinski definition) is 4. The summed E-state index contributed by atoms with van der Waals surface area (Å²) >= 11 is 0. The number of amides is 1. The maximum absolute atomic E-state index is 13.2. The van der Waals surface area contributed by atoms with Gasteiger partial charge in [-0.1, -0.05) is 78.9 Å². The molecular formula is C30H20N4O. The van der Waals surface area contributed by atoms with Gasteiger partial charge >= 0.3 is 0 Å². The Bertz CT molecular complexity index is 1680. The van der Waals surface area contributed by atoms with Gasteiger partial charge in [-0.3, -0.25) is 9.78 Å². The maximum atomic E-state index is 13.2. The van der Waals surface area contributed by atoms with Crippen LogP contribution in [-0.4, -0.2) is 20.9 Å². The van der Waals surface area contributed by atoms with Crippen molar-refractivity contribution in [3.8, 4) is 22.5 Å². The van der Waals surface area contributed by atoms with Crippen molar-refractivity contribution in [3.05, 3.63) is 121 Å². The predicted octanol–water partition coefficient (Wildman–Crippen LogP) is 6.76.